The van der Waals surface area contributed by atoms with Gasteiger partial charge in [0.25, 0.3) is 0 Å². The Bertz CT molecular complexity index is 3540. The number of benzene rings is 10. The van der Waals surface area contributed by atoms with E-state index in [9.17, 15) is 10.2 Å². The molecule has 4 nitrogen and oxygen atoms in total. The van der Waals surface area contributed by atoms with Crippen molar-refractivity contribution in [3.8, 4) is 67.9 Å². The molecular formula is C58H34O4. The Morgan fingerprint density at radius 2 is 0.758 bits per heavy atom. The molecule has 2 aliphatic heterocycles. The predicted molar refractivity (Wildman–Crippen MR) is 245 cm³/mol. The van der Waals surface area contributed by atoms with E-state index >= 15 is 0 Å². The lowest BCUT2D eigenvalue weighted by Crippen LogP contribution is -2.32. The van der Waals surface area contributed by atoms with E-state index in [1.54, 1.807) is 24.3 Å². The van der Waals surface area contributed by atoms with Gasteiger partial charge in [-0.25, -0.2) is 0 Å². The van der Waals surface area contributed by atoms with Crippen molar-refractivity contribution in [3.05, 3.63) is 239 Å². The number of phenols is 2. The summed E-state index contributed by atoms with van der Waals surface area (Å²) in [4.78, 5) is 0. The Morgan fingerprint density at radius 3 is 1.34 bits per heavy atom. The summed E-state index contributed by atoms with van der Waals surface area (Å²) in [5.41, 5.74) is 14.8. The number of rotatable bonds is 1. The molecule has 2 N–H and O–H groups in total. The second-order valence-corrected chi connectivity index (χ2v) is 17.0. The first-order valence-corrected chi connectivity index (χ1v) is 21.1. The van der Waals surface area contributed by atoms with Gasteiger partial charge in [-0.2, -0.15) is 0 Å². The average molecular weight is 795 g/mol. The van der Waals surface area contributed by atoms with Crippen LogP contribution in [0, 0.1) is 0 Å². The number of phenolic OH excluding ortho intramolecular Hbond substituents is 2. The first-order valence-electron chi connectivity index (χ1n) is 21.1. The van der Waals surface area contributed by atoms with E-state index in [2.05, 4.69) is 158 Å². The zero-order valence-electron chi connectivity index (χ0n) is 33.2. The van der Waals surface area contributed by atoms with Crippen molar-refractivity contribution >= 4 is 21.5 Å². The fraction of sp³-hybridized carbons (Fsp3) is 0.0345. The van der Waals surface area contributed by atoms with Crippen LogP contribution in [0.5, 0.6) is 34.5 Å². The van der Waals surface area contributed by atoms with Crippen molar-refractivity contribution in [1.82, 2.24) is 0 Å². The van der Waals surface area contributed by atoms with Gasteiger partial charge >= 0.3 is 0 Å². The highest BCUT2D eigenvalue weighted by Gasteiger charge is 2.53. The summed E-state index contributed by atoms with van der Waals surface area (Å²) >= 11 is 0. The summed E-state index contributed by atoms with van der Waals surface area (Å²) in [6, 6.07) is 68.1. The SMILES string of the molecule is Oc1ccc2cc3c(cc2c1)Oc1cc(-c2ccc4c(c2)Oc2c(ccc5cc(O)ccc25)C42c4ccccc4-c4ccccc42)ccc1C31c2ccccc2-c2ccccc21. The molecule has 10 aromatic rings. The minimum Gasteiger partial charge on any atom is -0.508 e. The van der Waals surface area contributed by atoms with Gasteiger partial charge in [0.15, 0.2) is 0 Å². The number of hydrogen-bond acceptors (Lipinski definition) is 4. The number of hydrogen-bond donors (Lipinski definition) is 2. The lowest BCUT2D eigenvalue weighted by Gasteiger charge is -2.40. The minimum atomic E-state index is -0.630. The van der Waals surface area contributed by atoms with Crippen molar-refractivity contribution in [3.63, 3.8) is 0 Å². The van der Waals surface area contributed by atoms with Gasteiger partial charge in [-0.1, -0.05) is 140 Å². The maximum Gasteiger partial charge on any atom is 0.140 e. The lowest BCUT2D eigenvalue weighted by atomic mass is 9.65. The van der Waals surface area contributed by atoms with Crippen LogP contribution in [0.25, 0.3) is 54.9 Å². The topological polar surface area (TPSA) is 58.9 Å². The molecule has 0 radical (unpaired) electrons. The third-order valence-corrected chi connectivity index (χ3v) is 14.1. The minimum absolute atomic E-state index is 0.219. The maximum absolute atomic E-state index is 10.5. The van der Waals surface area contributed by atoms with Gasteiger partial charge in [0.1, 0.15) is 34.5 Å². The van der Waals surface area contributed by atoms with Crippen LogP contribution in [0.4, 0.5) is 0 Å². The molecule has 2 heterocycles. The van der Waals surface area contributed by atoms with Crippen LogP contribution < -0.4 is 9.47 Å². The fourth-order valence-corrected chi connectivity index (χ4v) is 11.7. The van der Waals surface area contributed by atoms with E-state index in [1.807, 2.05) is 12.1 Å². The molecule has 0 saturated heterocycles. The molecule has 0 amide bonds. The van der Waals surface area contributed by atoms with E-state index in [4.69, 9.17) is 9.47 Å². The molecule has 0 atom stereocenters. The Balaban J connectivity index is 1.00. The standard InChI is InChI=1S/C58H34O4/c59-38-21-17-33-29-52-55(32-37(33)28-38)61-53-30-34(18-24-49(53)58(52)47-15-7-3-11-43(47)44-12-4-8-16-48(44)58)35-19-25-50-54(31-35)62-56-40-23-22-39(60)27-36(40)20-26-51(56)57(50)45-13-5-1-9-41(45)42-10-2-6-14-46(42)57/h1-32,59-60H. The Hall–Kier alpha value is -8.08. The molecular weight excluding hydrogens is 761 g/mol. The average Bonchev–Trinajstić information content (AvgIpc) is 3.76. The molecule has 0 unspecified atom stereocenters. The quantitative estimate of drug-likeness (QED) is 0.174. The summed E-state index contributed by atoms with van der Waals surface area (Å²) in [7, 11) is 0. The van der Waals surface area contributed by atoms with Crippen LogP contribution in [0.2, 0.25) is 0 Å². The third-order valence-electron chi connectivity index (χ3n) is 14.1. The van der Waals surface area contributed by atoms with Gasteiger partial charge < -0.3 is 19.7 Å². The van der Waals surface area contributed by atoms with Crippen molar-refractivity contribution in [2.45, 2.75) is 10.8 Å². The van der Waals surface area contributed by atoms with Gasteiger partial charge in [-0.05, 0) is 126 Å². The molecule has 0 bridgehead atoms. The summed E-state index contributed by atoms with van der Waals surface area (Å²) in [5.74, 6) is 3.57. The van der Waals surface area contributed by atoms with E-state index in [-0.39, 0.29) is 11.5 Å². The van der Waals surface area contributed by atoms with Crippen molar-refractivity contribution < 1.29 is 19.7 Å². The normalized spacial score (nSPS) is 14.8. The molecule has 2 aliphatic carbocycles. The Morgan fingerprint density at radius 1 is 0.306 bits per heavy atom. The molecule has 0 fully saturated rings. The molecule has 290 valence electrons. The highest BCUT2D eigenvalue weighted by Crippen LogP contribution is 2.65. The number of ether oxygens (including phenoxy) is 2. The van der Waals surface area contributed by atoms with Gasteiger partial charge in [-0.15, -0.1) is 0 Å². The maximum atomic E-state index is 10.5. The van der Waals surface area contributed by atoms with E-state index in [1.165, 1.54) is 44.5 Å². The second-order valence-electron chi connectivity index (χ2n) is 17.0. The van der Waals surface area contributed by atoms with Crippen LogP contribution in [0.3, 0.4) is 0 Å². The fourth-order valence-electron chi connectivity index (χ4n) is 11.7. The van der Waals surface area contributed by atoms with E-state index in [0.717, 1.165) is 77.9 Å². The zero-order valence-corrected chi connectivity index (χ0v) is 33.2. The van der Waals surface area contributed by atoms with Crippen molar-refractivity contribution in [1.29, 1.82) is 0 Å². The van der Waals surface area contributed by atoms with Crippen molar-refractivity contribution in [2.75, 3.05) is 0 Å². The van der Waals surface area contributed by atoms with Crippen LogP contribution in [0.1, 0.15) is 44.5 Å². The van der Waals surface area contributed by atoms with Crippen LogP contribution >= 0.6 is 0 Å². The summed E-state index contributed by atoms with van der Waals surface area (Å²) < 4.78 is 14.2. The second kappa shape index (κ2) is 11.8. The van der Waals surface area contributed by atoms with Crippen molar-refractivity contribution in [2.24, 2.45) is 0 Å². The van der Waals surface area contributed by atoms with E-state index < -0.39 is 10.8 Å². The Labute approximate surface area is 357 Å². The highest BCUT2D eigenvalue weighted by molar-refractivity contribution is 5.97. The molecule has 4 aliphatic rings. The molecule has 2 spiro atoms. The van der Waals surface area contributed by atoms with Gasteiger partial charge in [0.05, 0.1) is 10.8 Å². The molecule has 10 aromatic carbocycles. The molecule has 62 heavy (non-hydrogen) atoms. The molecule has 0 saturated carbocycles. The predicted octanol–water partition coefficient (Wildman–Crippen LogP) is 14.0. The van der Waals surface area contributed by atoms with Gasteiger partial charge in [0.2, 0.25) is 0 Å². The van der Waals surface area contributed by atoms with Crippen LogP contribution in [-0.2, 0) is 10.8 Å². The van der Waals surface area contributed by atoms with Crippen LogP contribution in [-0.4, -0.2) is 10.2 Å². The largest absolute Gasteiger partial charge is 0.508 e. The Kier molecular flexibility index (Phi) is 6.42. The number of fused-ring (bicyclic) bond motifs is 21. The molecule has 4 heteroatoms. The molecule has 0 aromatic heterocycles. The van der Waals surface area contributed by atoms with E-state index in [0.29, 0.717) is 0 Å². The smallest absolute Gasteiger partial charge is 0.140 e. The summed E-state index contributed by atoms with van der Waals surface area (Å²) in [5, 5.41) is 24.9. The lowest BCUT2D eigenvalue weighted by molar-refractivity contribution is 0.437. The zero-order chi connectivity index (χ0) is 40.9. The first-order chi connectivity index (χ1) is 30.5. The first kappa shape index (κ1) is 33.7. The number of aromatic hydroxyl groups is 2. The summed E-state index contributed by atoms with van der Waals surface area (Å²) in [6.45, 7) is 0. The summed E-state index contributed by atoms with van der Waals surface area (Å²) in [6.07, 6.45) is 0. The third kappa shape index (κ3) is 4.11. The van der Waals surface area contributed by atoms with Gasteiger partial charge in [-0.3, -0.25) is 0 Å². The van der Waals surface area contributed by atoms with Gasteiger partial charge in [0, 0.05) is 27.6 Å². The van der Waals surface area contributed by atoms with Crippen LogP contribution in [0.15, 0.2) is 194 Å². The highest BCUT2D eigenvalue weighted by atomic mass is 16.5. The molecule has 14 rings (SSSR count). The monoisotopic (exact) mass is 794 g/mol.